The van der Waals surface area contributed by atoms with Gasteiger partial charge in [-0.3, -0.25) is 9.78 Å². The lowest BCUT2D eigenvalue weighted by Gasteiger charge is -2.06. The maximum absolute atomic E-state index is 11.3. The Morgan fingerprint density at radius 1 is 1.24 bits per heavy atom. The zero-order chi connectivity index (χ0) is 14.8. The molecule has 5 heteroatoms. The second-order valence-corrected chi connectivity index (χ2v) is 4.83. The number of imidazole rings is 1. The third kappa shape index (κ3) is 2.63. The number of carbonyl (C=O) groups is 1. The van der Waals surface area contributed by atoms with Gasteiger partial charge in [0.15, 0.2) is 5.78 Å². The molecular weight excluding hydrogens is 266 g/mol. The number of hydrogen-bond donors (Lipinski definition) is 0. The number of benzene rings is 1. The van der Waals surface area contributed by atoms with Crippen molar-refractivity contribution in [1.29, 1.82) is 0 Å². The summed E-state index contributed by atoms with van der Waals surface area (Å²) in [4.78, 5) is 19.9. The van der Waals surface area contributed by atoms with Crippen LogP contribution in [0.5, 0.6) is 5.75 Å². The molecule has 0 bridgehead atoms. The highest BCUT2D eigenvalue weighted by atomic mass is 16.5. The van der Waals surface area contributed by atoms with E-state index in [4.69, 9.17) is 4.74 Å². The minimum Gasteiger partial charge on any atom is -0.497 e. The van der Waals surface area contributed by atoms with E-state index >= 15 is 0 Å². The number of ether oxygens (including phenoxy) is 1. The van der Waals surface area contributed by atoms with Crippen LogP contribution >= 0.6 is 0 Å². The van der Waals surface area contributed by atoms with Crippen molar-refractivity contribution in [3.05, 3.63) is 54.1 Å². The van der Waals surface area contributed by atoms with E-state index in [1.54, 1.807) is 25.7 Å². The van der Waals surface area contributed by atoms with Gasteiger partial charge in [-0.05, 0) is 23.8 Å². The second kappa shape index (κ2) is 5.36. The Hall–Kier alpha value is -2.69. The number of carbonyl (C=O) groups excluding carboxylic acids is 1. The van der Waals surface area contributed by atoms with Gasteiger partial charge in [-0.2, -0.15) is 0 Å². The largest absolute Gasteiger partial charge is 0.497 e. The zero-order valence-corrected chi connectivity index (χ0v) is 11.9. The summed E-state index contributed by atoms with van der Waals surface area (Å²) in [6, 6.07) is 9.62. The van der Waals surface area contributed by atoms with Gasteiger partial charge in [-0.25, -0.2) is 4.98 Å². The quantitative estimate of drug-likeness (QED) is 0.690. The summed E-state index contributed by atoms with van der Waals surface area (Å²) in [5, 5.41) is 0. The number of nitrogens with zero attached hydrogens (tertiary/aromatic N) is 3. The lowest BCUT2D eigenvalue weighted by atomic mass is 10.2. The first-order valence-electron chi connectivity index (χ1n) is 6.62. The van der Waals surface area contributed by atoms with E-state index in [9.17, 15) is 4.79 Å². The summed E-state index contributed by atoms with van der Waals surface area (Å²) >= 11 is 0. The van der Waals surface area contributed by atoms with E-state index in [0.29, 0.717) is 12.2 Å². The smallest absolute Gasteiger partial charge is 0.178 e. The molecule has 5 nitrogen and oxygen atoms in total. The van der Waals surface area contributed by atoms with Crippen LogP contribution in [0.3, 0.4) is 0 Å². The van der Waals surface area contributed by atoms with Crippen molar-refractivity contribution < 1.29 is 9.53 Å². The number of fused-ring (bicyclic) bond motifs is 1. The molecule has 21 heavy (non-hydrogen) atoms. The average Bonchev–Trinajstić information content (AvgIpc) is 2.90. The van der Waals surface area contributed by atoms with Gasteiger partial charge in [0.1, 0.15) is 11.4 Å². The molecular formula is C16H15N3O2. The lowest BCUT2D eigenvalue weighted by molar-refractivity contribution is 0.101. The van der Waals surface area contributed by atoms with Crippen LogP contribution in [0.1, 0.15) is 23.0 Å². The van der Waals surface area contributed by atoms with Gasteiger partial charge in [-0.1, -0.05) is 12.1 Å². The van der Waals surface area contributed by atoms with E-state index in [0.717, 1.165) is 22.3 Å². The first-order valence-corrected chi connectivity index (χ1v) is 6.62. The number of hydrogen-bond acceptors (Lipinski definition) is 4. The normalized spacial score (nSPS) is 10.8. The molecule has 0 aliphatic heterocycles. The van der Waals surface area contributed by atoms with E-state index in [1.807, 2.05) is 28.8 Å². The minimum absolute atomic E-state index is 0.0541. The first kappa shape index (κ1) is 13.3. The van der Waals surface area contributed by atoms with Crippen LogP contribution in [0.2, 0.25) is 0 Å². The maximum atomic E-state index is 11.3. The molecule has 0 unspecified atom stereocenters. The van der Waals surface area contributed by atoms with Crippen molar-refractivity contribution in [3.8, 4) is 5.75 Å². The van der Waals surface area contributed by atoms with E-state index in [1.165, 1.54) is 6.92 Å². The Kier molecular flexibility index (Phi) is 3.39. The van der Waals surface area contributed by atoms with Gasteiger partial charge in [0.25, 0.3) is 0 Å². The topological polar surface area (TPSA) is 57.0 Å². The molecule has 0 amide bonds. The fourth-order valence-corrected chi connectivity index (χ4v) is 2.20. The Morgan fingerprint density at radius 3 is 2.67 bits per heavy atom. The number of aromatic nitrogens is 3. The highest BCUT2D eigenvalue weighted by molar-refractivity contribution is 5.94. The molecule has 3 rings (SSSR count). The third-order valence-corrected chi connectivity index (χ3v) is 3.38. The summed E-state index contributed by atoms with van der Waals surface area (Å²) in [6.07, 6.45) is 3.46. The van der Waals surface area contributed by atoms with Crippen molar-refractivity contribution in [2.75, 3.05) is 7.11 Å². The molecule has 0 N–H and O–H groups in total. The molecule has 0 aliphatic carbocycles. The highest BCUT2D eigenvalue weighted by Crippen LogP contribution is 2.17. The maximum Gasteiger partial charge on any atom is 0.178 e. The SMILES string of the molecule is COc1ccc(Cn2cnc3cc(C(C)=O)ncc32)cc1. The van der Waals surface area contributed by atoms with Gasteiger partial charge in [0, 0.05) is 13.5 Å². The predicted octanol–water partition coefficient (Wildman–Crippen LogP) is 2.69. The molecule has 0 spiro atoms. The summed E-state index contributed by atoms with van der Waals surface area (Å²) in [7, 11) is 1.65. The highest BCUT2D eigenvalue weighted by Gasteiger charge is 2.08. The molecule has 3 aromatic rings. The van der Waals surface area contributed by atoms with Gasteiger partial charge in [0.05, 0.1) is 30.7 Å². The minimum atomic E-state index is -0.0541. The van der Waals surface area contributed by atoms with Crippen LogP contribution in [0.15, 0.2) is 42.9 Å². The lowest BCUT2D eigenvalue weighted by Crippen LogP contribution is -2.00. The van der Waals surface area contributed by atoms with Crippen molar-refractivity contribution in [3.63, 3.8) is 0 Å². The Balaban J connectivity index is 1.91. The van der Waals surface area contributed by atoms with Gasteiger partial charge in [0.2, 0.25) is 0 Å². The van der Waals surface area contributed by atoms with Crippen LogP contribution < -0.4 is 4.74 Å². The molecule has 0 saturated heterocycles. The summed E-state index contributed by atoms with van der Waals surface area (Å²) < 4.78 is 7.16. The summed E-state index contributed by atoms with van der Waals surface area (Å²) in [5.74, 6) is 0.781. The average molecular weight is 281 g/mol. The standard InChI is InChI=1S/C16H15N3O2/c1-11(20)14-7-15-16(8-17-14)19(10-18-15)9-12-3-5-13(21-2)6-4-12/h3-8,10H,9H2,1-2H3. The molecule has 2 heterocycles. The molecule has 2 aromatic heterocycles. The fraction of sp³-hybridized carbons (Fsp3) is 0.188. The van der Waals surface area contributed by atoms with Crippen LogP contribution in [-0.4, -0.2) is 27.4 Å². The first-order chi connectivity index (χ1) is 10.2. The van der Waals surface area contributed by atoms with Crippen molar-refractivity contribution in [2.24, 2.45) is 0 Å². The number of Topliss-reactive ketones (excluding diaryl/α,β-unsaturated/α-hetero) is 1. The van der Waals surface area contributed by atoms with Gasteiger partial charge < -0.3 is 9.30 Å². The number of ketones is 1. The summed E-state index contributed by atoms with van der Waals surface area (Å²) in [5.41, 5.74) is 3.28. The Morgan fingerprint density at radius 2 is 2.00 bits per heavy atom. The zero-order valence-electron chi connectivity index (χ0n) is 11.9. The Labute approximate surface area is 122 Å². The van der Waals surface area contributed by atoms with Crippen LogP contribution in [0, 0.1) is 0 Å². The fourth-order valence-electron chi connectivity index (χ4n) is 2.20. The predicted molar refractivity (Wildman–Crippen MR) is 79.6 cm³/mol. The number of methoxy groups -OCH3 is 1. The molecule has 0 aliphatic rings. The molecule has 0 fully saturated rings. The second-order valence-electron chi connectivity index (χ2n) is 4.83. The van der Waals surface area contributed by atoms with Crippen molar-refractivity contribution in [1.82, 2.24) is 14.5 Å². The van der Waals surface area contributed by atoms with E-state index < -0.39 is 0 Å². The van der Waals surface area contributed by atoms with E-state index in [-0.39, 0.29) is 5.78 Å². The molecule has 106 valence electrons. The summed E-state index contributed by atoms with van der Waals surface area (Å²) in [6.45, 7) is 2.20. The van der Waals surface area contributed by atoms with Crippen molar-refractivity contribution in [2.45, 2.75) is 13.5 Å². The van der Waals surface area contributed by atoms with E-state index in [2.05, 4.69) is 9.97 Å². The molecule has 1 aromatic carbocycles. The van der Waals surface area contributed by atoms with Crippen LogP contribution in [0.25, 0.3) is 11.0 Å². The molecule has 0 atom stereocenters. The molecule has 0 saturated carbocycles. The third-order valence-electron chi connectivity index (χ3n) is 3.38. The Bertz CT molecular complexity index is 791. The number of rotatable bonds is 4. The molecule has 0 radical (unpaired) electrons. The number of pyridine rings is 1. The van der Waals surface area contributed by atoms with Crippen LogP contribution in [0.4, 0.5) is 0 Å². The van der Waals surface area contributed by atoms with Crippen molar-refractivity contribution >= 4 is 16.8 Å². The van der Waals surface area contributed by atoms with Gasteiger partial charge in [-0.15, -0.1) is 0 Å². The van der Waals surface area contributed by atoms with Gasteiger partial charge >= 0.3 is 0 Å². The monoisotopic (exact) mass is 281 g/mol. The van der Waals surface area contributed by atoms with Crippen LogP contribution in [-0.2, 0) is 6.54 Å².